The van der Waals surface area contributed by atoms with Crippen LogP contribution in [-0.4, -0.2) is 20.3 Å². The van der Waals surface area contributed by atoms with Crippen molar-refractivity contribution in [1.29, 1.82) is 0 Å². The first-order valence-electron chi connectivity index (χ1n) is 6.60. The molecule has 0 spiro atoms. The fourth-order valence-corrected chi connectivity index (χ4v) is 4.08. The molecule has 0 aliphatic heterocycles. The average Bonchev–Trinajstić information content (AvgIpc) is 2.88. The van der Waals surface area contributed by atoms with Gasteiger partial charge in [0.1, 0.15) is 17.0 Å². The quantitative estimate of drug-likeness (QED) is 0.617. The van der Waals surface area contributed by atoms with E-state index in [-0.39, 0.29) is 0 Å². The van der Waals surface area contributed by atoms with Gasteiger partial charge in [0.2, 0.25) is 6.08 Å². The van der Waals surface area contributed by atoms with Gasteiger partial charge in [-0.3, -0.25) is 0 Å². The lowest BCUT2D eigenvalue weighted by Gasteiger charge is -2.28. The molecule has 2 rings (SSSR count). The van der Waals surface area contributed by atoms with Gasteiger partial charge in [-0.15, -0.1) is 0 Å². The van der Waals surface area contributed by atoms with Crippen LogP contribution < -0.4 is 9.47 Å². The minimum Gasteiger partial charge on any atom is -0.496 e. The molecule has 0 heterocycles. The van der Waals surface area contributed by atoms with E-state index in [1.54, 1.807) is 20.3 Å². The minimum absolute atomic E-state index is 0.549. The average molecular weight is 340 g/mol. The largest absolute Gasteiger partial charge is 0.496 e. The van der Waals surface area contributed by atoms with E-state index in [0.29, 0.717) is 0 Å². The van der Waals surface area contributed by atoms with Gasteiger partial charge >= 0.3 is 0 Å². The Bertz CT molecular complexity index is 559. The molecule has 0 N–H and O–H groups in total. The summed E-state index contributed by atoms with van der Waals surface area (Å²) in [6, 6.07) is 1.93. The smallest absolute Gasteiger partial charge is 0.235 e. The van der Waals surface area contributed by atoms with Crippen molar-refractivity contribution in [3.05, 3.63) is 21.7 Å². The van der Waals surface area contributed by atoms with E-state index in [1.807, 2.05) is 13.0 Å². The normalized spacial score (nSPS) is 16.6. The van der Waals surface area contributed by atoms with Gasteiger partial charge in [0, 0.05) is 5.56 Å². The Labute approximate surface area is 127 Å². The summed E-state index contributed by atoms with van der Waals surface area (Å²) < 4.78 is 11.8. The highest BCUT2D eigenvalue weighted by Crippen LogP contribution is 2.51. The summed E-state index contributed by atoms with van der Waals surface area (Å²) in [4.78, 5) is 15.0. The van der Waals surface area contributed by atoms with Gasteiger partial charge in [0.25, 0.3) is 0 Å². The van der Waals surface area contributed by atoms with E-state index < -0.39 is 5.54 Å². The molecule has 1 saturated carbocycles. The van der Waals surface area contributed by atoms with E-state index in [0.717, 1.165) is 52.8 Å². The molecule has 0 saturated heterocycles. The van der Waals surface area contributed by atoms with Crippen LogP contribution in [0.25, 0.3) is 0 Å². The van der Waals surface area contributed by atoms with Crippen LogP contribution in [-0.2, 0) is 10.3 Å². The highest BCUT2D eigenvalue weighted by atomic mass is 79.9. The van der Waals surface area contributed by atoms with Crippen molar-refractivity contribution in [3.8, 4) is 11.5 Å². The second kappa shape index (κ2) is 5.98. The molecule has 1 aliphatic carbocycles. The highest BCUT2D eigenvalue weighted by Gasteiger charge is 2.40. The molecule has 1 aliphatic rings. The second-order valence-corrected chi connectivity index (χ2v) is 5.85. The fourth-order valence-electron chi connectivity index (χ4n) is 3.04. The number of rotatable bonds is 4. The fraction of sp³-hybridized carbons (Fsp3) is 0.533. The maximum absolute atomic E-state index is 10.9. The third-order valence-electron chi connectivity index (χ3n) is 3.95. The molecule has 1 aromatic carbocycles. The zero-order valence-corrected chi connectivity index (χ0v) is 13.5. The molecule has 4 nitrogen and oxygen atoms in total. The van der Waals surface area contributed by atoms with Crippen molar-refractivity contribution >= 4 is 22.0 Å². The Balaban J connectivity index is 2.73. The van der Waals surface area contributed by atoms with Crippen molar-refractivity contribution < 1.29 is 14.3 Å². The topological polar surface area (TPSA) is 47.9 Å². The molecule has 20 heavy (non-hydrogen) atoms. The van der Waals surface area contributed by atoms with Gasteiger partial charge in [-0.2, -0.15) is 4.99 Å². The number of methoxy groups -OCH3 is 2. The molecule has 5 heteroatoms. The lowest BCUT2D eigenvalue weighted by molar-refractivity contribution is 0.367. The lowest BCUT2D eigenvalue weighted by atomic mass is 9.87. The van der Waals surface area contributed by atoms with Crippen LogP contribution in [0.15, 0.2) is 15.5 Å². The predicted octanol–water partition coefficient (Wildman–Crippen LogP) is 3.88. The van der Waals surface area contributed by atoms with E-state index >= 15 is 0 Å². The summed E-state index contributed by atoms with van der Waals surface area (Å²) >= 11 is 3.60. The number of nitrogens with zero attached hydrogens (tertiary/aromatic N) is 1. The molecular weight excluding hydrogens is 322 g/mol. The summed E-state index contributed by atoms with van der Waals surface area (Å²) in [6.45, 7) is 1.96. The molecule has 1 fully saturated rings. The standard InChI is InChI=1S/C15H18BrNO3/c1-10-8-11(19-2)12(13(16)14(10)20-3)15(17-9-18)6-4-5-7-15/h8H,4-7H2,1-3H3. The van der Waals surface area contributed by atoms with Crippen molar-refractivity contribution in [3.63, 3.8) is 0 Å². The molecule has 0 amide bonds. The van der Waals surface area contributed by atoms with Gasteiger partial charge in [0.15, 0.2) is 0 Å². The van der Waals surface area contributed by atoms with Crippen molar-refractivity contribution in [2.75, 3.05) is 14.2 Å². The van der Waals surface area contributed by atoms with E-state index in [9.17, 15) is 4.79 Å². The molecule has 0 aromatic heterocycles. The number of hydrogen-bond acceptors (Lipinski definition) is 4. The van der Waals surface area contributed by atoms with E-state index in [4.69, 9.17) is 9.47 Å². The minimum atomic E-state index is -0.549. The van der Waals surface area contributed by atoms with Crippen LogP contribution >= 0.6 is 15.9 Å². The lowest BCUT2D eigenvalue weighted by Crippen LogP contribution is -2.21. The van der Waals surface area contributed by atoms with Crippen molar-refractivity contribution in [2.45, 2.75) is 38.1 Å². The number of ether oxygens (including phenoxy) is 2. The maximum atomic E-state index is 10.9. The Hall–Kier alpha value is -1.32. The summed E-state index contributed by atoms with van der Waals surface area (Å²) in [6.07, 6.45) is 5.46. The Morgan fingerprint density at radius 1 is 1.30 bits per heavy atom. The monoisotopic (exact) mass is 339 g/mol. The first kappa shape index (κ1) is 15.1. The van der Waals surface area contributed by atoms with E-state index in [2.05, 4.69) is 20.9 Å². The van der Waals surface area contributed by atoms with Crippen LogP contribution in [0.4, 0.5) is 0 Å². The third kappa shape index (κ3) is 2.36. The number of hydrogen-bond donors (Lipinski definition) is 0. The van der Waals surface area contributed by atoms with Crippen molar-refractivity contribution in [2.24, 2.45) is 4.99 Å². The zero-order valence-electron chi connectivity index (χ0n) is 12.0. The molecular formula is C15H18BrNO3. The van der Waals surface area contributed by atoms with Crippen LogP contribution in [0.1, 0.15) is 36.8 Å². The molecule has 108 valence electrons. The third-order valence-corrected chi connectivity index (χ3v) is 4.71. The molecule has 1 aromatic rings. The Morgan fingerprint density at radius 3 is 2.45 bits per heavy atom. The number of halogens is 1. The molecule has 0 radical (unpaired) electrons. The maximum Gasteiger partial charge on any atom is 0.235 e. The SMILES string of the molecule is COc1cc(C)c(OC)c(Br)c1C1(N=C=O)CCCC1. The Morgan fingerprint density at radius 2 is 1.95 bits per heavy atom. The second-order valence-electron chi connectivity index (χ2n) is 5.06. The number of isocyanates is 1. The predicted molar refractivity (Wildman–Crippen MR) is 80.3 cm³/mol. The molecule has 0 unspecified atom stereocenters. The van der Waals surface area contributed by atoms with E-state index in [1.165, 1.54) is 0 Å². The number of benzene rings is 1. The Kier molecular flexibility index (Phi) is 4.51. The van der Waals surface area contributed by atoms with Crippen molar-refractivity contribution in [1.82, 2.24) is 0 Å². The summed E-state index contributed by atoms with van der Waals surface area (Å²) in [7, 11) is 3.26. The first-order valence-corrected chi connectivity index (χ1v) is 7.39. The van der Waals surface area contributed by atoms with Crippen LogP contribution in [0.3, 0.4) is 0 Å². The van der Waals surface area contributed by atoms with Gasteiger partial charge in [-0.25, -0.2) is 4.79 Å². The summed E-state index contributed by atoms with van der Waals surface area (Å²) in [5, 5.41) is 0. The van der Waals surface area contributed by atoms with Gasteiger partial charge in [-0.05, 0) is 47.3 Å². The summed E-state index contributed by atoms with van der Waals surface area (Å²) in [5.41, 5.74) is 1.32. The van der Waals surface area contributed by atoms with Gasteiger partial charge in [0.05, 0.1) is 18.7 Å². The van der Waals surface area contributed by atoms with Gasteiger partial charge < -0.3 is 9.47 Å². The number of aryl methyl sites for hydroxylation is 1. The molecule has 0 bridgehead atoms. The summed E-state index contributed by atoms with van der Waals surface area (Å²) in [5.74, 6) is 1.49. The number of carbonyl (C=O) groups excluding carboxylic acids is 1. The van der Waals surface area contributed by atoms with Crippen LogP contribution in [0.5, 0.6) is 11.5 Å². The number of aliphatic imine (C=N–C) groups is 1. The first-order chi connectivity index (χ1) is 9.59. The van der Waals surface area contributed by atoms with Crippen LogP contribution in [0, 0.1) is 6.92 Å². The highest BCUT2D eigenvalue weighted by molar-refractivity contribution is 9.10. The van der Waals surface area contributed by atoms with Crippen LogP contribution in [0.2, 0.25) is 0 Å². The zero-order chi connectivity index (χ0) is 14.8. The van der Waals surface area contributed by atoms with Gasteiger partial charge in [-0.1, -0.05) is 12.8 Å². The molecule has 0 atom stereocenters.